The Labute approximate surface area is 59.4 Å². The van der Waals surface area contributed by atoms with E-state index in [1.807, 2.05) is 0 Å². The second kappa shape index (κ2) is 15.9. The van der Waals surface area contributed by atoms with E-state index in [-0.39, 0.29) is 18.3 Å². The van der Waals surface area contributed by atoms with E-state index < -0.39 is 0 Å². The summed E-state index contributed by atoms with van der Waals surface area (Å²) in [6, 6.07) is 0. The van der Waals surface area contributed by atoms with Gasteiger partial charge < -0.3 is 11.6 Å². The van der Waals surface area contributed by atoms with E-state index >= 15 is 0 Å². The molecule has 0 fully saturated rings. The van der Waals surface area contributed by atoms with Gasteiger partial charge in [-0.05, 0) is 0 Å². The predicted octanol–water partition coefficient (Wildman–Crippen LogP) is 2.07. The summed E-state index contributed by atoms with van der Waals surface area (Å²) in [5, 5.41) is 0. The van der Waals surface area contributed by atoms with Crippen LogP contribution in [0, 0.1) is 5.88 Å². The Balaban J connectivity index is 0. The summed E-state index contributed by atoms with van der Waals surface area (Å²) in [7, 11) is 0. The molecule has 0 aromatic rings. The molecule has 0 aliphatic heterocycles. The monoisotopic (exact) mass is 171 g/mol. The molecule has 0 amide bonds. The Bertz CT molecular complexity index is 25.7. The molecule has 0 aliphatic carbocycles. The van der Waals surface area contributed by atoms with Gasteiger partial charge in [0, 0.05) is 0 Å². The van der Waals surface area contributed by atoms with E-state index in [9.17, 15) is 0 Å². The molecule has 0 spiro atoms. The summed E-state index contributed by atoms with van der Waals surface area (Å²) in [4.78, 5) is 0. The van der Waals surface area contributed by atoms with Crippen molar-refractivity contribution < 1.29 is 21.8 Å². The maximum absolute atomic E-state index is 8.38. The fourth-order valence-corrected chi connectivity index (χ4v) is 0.327. The molecule has 0 aromatic carbocycles. The van der Waals surface area contributed by atoms with Gasteiger partial charge in [0.1, 0.15) is 0 Å². The second-order valence-corrected chi connectivity index (χ2v) is 1.25. The molecule has 0 heterocycles. The van der Waals surface area contributed by atoms with Crippen LogP contribution in [0.2, 0.25) is 0 Å². The molecule has 3 heteroatoms. The van der Waals surface area contributed by atoms with Gasteiger partial charge in [-0.25, -0.2) is 5.88 Å². The Morgan fingerprint density at radius 1 is 1.71 bits per heavy atom. The average molecular weight is 173 g/mol. The summed E-state index contributed by atoms with van der Waals surface area (Å²) in [5.74, 6) is 1.65. The van der Waals surface area contributed by atoms with Crippen molar-refractivity contribution in [2.45, 2.75) is 19.8 Å². The molecule has 0 saturated carbocycles. The predicted molar refractivity (Wildman–Crippen MR) is 25.7 cm³/mol. The Kier molecular flexibility index (Phi) is 24.2. The Morgan fingerprint density at radius 2 is 2.14 bits per heavy atom. The van der Waals surface area contributed by atoms with Crippen LogP contribution in [-0.2, 0) is 21.8 Å². The normalized spacial score (nSPS) is 6.86. The first-order chi connectivity index (χ1) is 3.41. The van der Waals surface area contributed by atoms with Crippen LogP contribution in [0.5, 0.6) is 0 Å². The van der Waals surface area contributed by atoms with Gasteiger partial charge in [0.05, 0.1) is 0 Å². The van der Waals surface area contributed by atoms with E-state index in [0.29, 0.717) is 0 Å². The van der Waals surface area contributed by atoms with Gasteiger partial charge in [-0.3, -0.25) is 0 Å². The van der Waals surface area contributed by atoms with Crippen molar-refractivity contribution in [3.8, 4) is 0 Å². The summed E-state index contributed by atoms with van der Waals surface area (Å²) in [6.45, 7) is 2.10. The van der Waals surface area contributed by atoms with Crippen LogP contribution in [0.4, 0.5) is 0 Å². The molecule has 0 aromatic heterocycles. The van der Waals surface area contributed by atoms with Crippen LogP contribution in [0.15, 0.2) is 0 Å². The second-order valence-electron chi connectivity index (χ2n) is 0.943. The van der Waals surface area contributed by atoms with Crippen molar-refractivity contribution >= 4 is 11.6 Å². The van der Waals surface area contributed by atoms with Gasteiger partial charge in [0.25, 0.3) is 0 Å². The molecule has 0 saturated heterocycles. The molecular formula is C4H8ClOZn-. The molecule has 0 aliphatic rings. The summed E-state index contributed by atoms with van der Waals surface area (Å²) < 4.78 is 8.38. The number of halogens is 1. The van der Waals surface area contributed by atoms with Crippen molar-refractivity contribution in [1.82, 2.24) is 0 Å². The molecule has 0 bridgehead atoms. The topological polar surface area (TPSA) is 17.1 Å². The van der Waals surface area contributed by atoms with Crippen LogP contribution in [-0.4, -0.2) is 0 Å². The minimum atomic E-state index is 0.125. The van der Waals surface area contributed by atoms with Gasteiger partial charge in [-0.1, -0.05) is 13.3 Å². The van der Waals surface area contributed by atoms with E-state index in [0.717, 1.165) is 12.8 Å². The first-order valence-electron chi connectivity index (χ1n) is 2.12. The number of rotatable bonds is 2. The number of hydrogen-bond acceptors (Lipinski definition) is 1. The van der Waals surface area contributed by atoms with Crippen LogP contribution in [0.1, 0.15) is 19.8 Å². The molecule has 0 rings (SSSR count). The third kappa shape index (κ3) is 20.3. The molecule has 0 N–H and O–H groups in total. The third-order valence-electron chi connectivity index (χ3n) is 0.398. The van der Waals surface area contributed by atoms with Crippen LogP contribution in [0.25, 0.3) is 0 Å². The zero-order valence-electron chi connectivity index (χ0n) is 4.48. The van der Waals surface area contributed by atoms with Crippen molar-refractivity contribution in [2.75, 3.05) is 0 Å². The molecule has 0 atom stereocenters. The Hall–Kier alpha value is 0.713. The average Bonchev–Trinajstić information content (AvgIpc) is 1.75. The summed E-state index contributed by atoms with van der Waals surface area (Å²) in [5.41, 5.74) is 0. The van der Waals surface area contributed by atoms with Crippen LogP contribution < -0.4 is 0 Å². The van der Waals surface area contributed by atoms with Gasteiger partial charge in [0.15, 0.2) is 0 Å². The third-order valence-corrected chi connectivity index (χ3v) is 0.616. The van der Waals surface area contributed by atoms with E-state index in [1.54, 1.807) is 5.88 Å². The number of unbranched alkanes of at least 4 members (excludes halogenated alkanes) is 1. The molecule has 1 nitrogen and oxygen atoms in total. The fourth-order valence-electron chi connectivity index (χ4n) is 0.109. The van der Waals surface area contributed by atoms with Crippen molar-refractivity contribution in [3.63, 3.8) is 0 Å². The molecule has 40 valence electrons. The van der Waals surface area contributed by atoms with Crippen LogP contribution in [0.3, 0.4) is 0 Å². The van der Waals surface area contributed by atoms with Crippen molar-refractivity contribution in [2.24, 2.45) is 0 Å². The van der Waals surface area contributed by atoms with Gasteiger partial charge >= 0.3 is 21.8 Å². The molecule has 7 heavy (non-hydrogen) atoms. The standard InChI is InChI=1S/C4H8Cl.O.Zn/c1-2-3-4-5;;/h4H,2-3H2,1H3;;/q-1;;. The minimum absolute atomic E-state index is 0.125. The zero-order valence-corrected chi connectivity index (χ0v) is 8.21. The maximum atomic E-state index is 8.38. The van der Waals surface area contributed by atoms with E-state index in [2.05, 4.69) is 6.92 Å². The number of hydrogen-bond donors (Lipinski definition) is 0. The Morgan fingerprint density at radius 3 is 2.14 bits per heavy atom. The van der Waals surface area contributed by atoms with E-state index in [1.165, 1.54) is 0 Å². The van der Waals surface area contributed by atoms with Crippen molar-refractivity contribution in [3.05, 3.63) is 5.88 Å². The van der Waals surface area contributed by atoms with Crippen molar-refractivity contribution in [1.29, 1.82) is 0 Å². The van der Waals surface area contributed by atoms with Gasteiger partial charge in [-0.2, -0.15) is 6.42 Å². The van der Waals surface area contributed by atoms with E-state index in [4.69, 9.17) is 15.2 Å². The van der Waals surface area contributed by atoms with Gasteiger partial charge in [0.2, 0.25) is 0 Å². The first kappa shape index (κ1) is 10.6. The van der Waals surface area contributed by atoms with Crippen LogP contribution >= 0.6 is 11.6 Å². The quantitative estimate of drug-likeness (QED) is 0.461. The summed E-state index contributed by atoms with van der Waals surface area (Å²) in [6.07, 6.45) is 2.19. The first-order valence-corrected chi connectivity index (χ1v) is 3.77. The zero-order chi connectivity index (χ0) is 6.12. The molecule has 0 unspecified atom stereocenters. The molecular weight excluding hydrogens is 165 g/mol. The fraction of sp³-hybridized carbons (Fsp3) is 0.750. The SMILES string of the molecule is CCC[CH-]Cl.[O]=[Zn]. The summed E-state index contributed by atoms with van der Waals surface area (Å²) >= 11 is 5.30. The van der Waals surface area contributed by atoms with Gasteiger partial charge in [-0.15, -0.1) is 0 Å². The molecule has 0 radical (unpaired) electrons.